The summed E-state index contributed by atoms with van der Waals surface area (Å²) in [6.07, 6.45) is 50.9. The standard InChI is InChI=1S/C42H72O4/c1-3-5-7-9-11-13-15-16-17-18-19-20-21-22-23-24-26-28-30-32-34-39-42(45)46-40(37-35-38-41(43)44)36-33-31-29-27-25-14-12-10-8-6-4-2/h5,7,11,13,16-17,19-20,22-23,40H,3-4,6,8-10,12,14-15,18,21,24-39H2,1-2H3,(H,43,44)/b7-5-,13-11-,17-16-,20-19-,23-22-. The molecule has 1 N–H and O–H groups in total. The van der Waals surface area contributed by atoms with E-state index in [0.29, 0.717) is 19.3 Å². The highest BCUT2D eigenvalue weighted by atomic mass is 16.5. The molecule has 0 aromatic carbocycles. The highest BCUT2D eigenvalue weighted by Gasteiger charge is 2.15. The molecule has 0 aliphatic heterocycles. The molecule has 0 aliphatic carbocycles. The van der Waals surface area contributed by atoms with E-state index in [-0.39, 0.29) is 18.5 Å². The van der Waals surface area contributed by atoms with Crippen molar-refractivity contribution in [3.8, 4) is 0 Å². The van der Waals surface area contributed by atoms with Crippen LogP contribution in [0.5, 0.6) is 0 Å². The number of carboxylic acids is 1. The summed E-state index contributed by atoms with van der Waals surface area (Å²) >= 11 is 0. The third-order valence-electron chi connectivity index (χ3n) is 8.25. The monoisotopic (exact) mass is 641 g/mol. The van der Waals surface area contributed by atoms with Crippen LogP contribution in [-0.4, -0.2) is 23.1 Å². The van der Waals surface area contributed by atoms with E-state index in [0.717, 1.165) is 70.6 Å². The first-order chi connectivity index (χ1) is 22.6. The third-order valence-corrected chi connectivity index (χ3v) is 8.25. The van der Waals surface area contributed by atoms with Crippen molar-refractivity contribution >= 4 is 11.9 Å². The van der Waals surface area contributed by atoms with E-state index < -0.39 is 5.97 Å². The lowest BCUT2D eigenvalue weighted by Gasteiger charge is -2.18. The second-order valence-electron chi connectivity index (χ2n) is 12.7. The first-order valence-corrected chi connectivity index (χ1v) is 19.3. The fourth-order valence-corrected chi connectivity index (χ4v) is 5.45. The molecule has 4 heteroatoms. The summed E-state index contributed by atoms with van der Waals surface area (Å²) in [4.78, 5) is 23.4. The summed E-state index contributed by atoms with van der Waals surface area (Å²) in [5.74, 6) is -0.886. The number of allylic oxidation sites excluding steroid dienone is 10. The number of aliphatic carboxylic acids is 1. The van der Waals surface area contributed by atoms with Crippen LogP contribution in [0.4, 0.5) is 0 Å². The van der Waals surface area contributed by atoms with Crippen molar-refractivity contribution in [3.05, 3.63) is 60.8 Å². The number of rotatable bonds is 34. The molecule has 46 heavy (non-hydrogen) atoms. The number of unbranched alkanes of at least 4 members (excludes halogenated alkanes) is 15. The minimum absolute atomic E-state index is 0.109. The SMILES string of the molecule is CC/C=C\C/C=C\C/C=C\C/C=C\C/C=C\CCCCCCCC(=O)OC(CCCCCCCCCCCCC)CCCC(=O)O. The summed E-state index contributed by atoms with van der Waals surface area (Å²) in [6.45, 7) is 4.42. The van der Waals surface area contributed by atoms with Crippen LogP contribution in [0, 0.1) is 0 Å². The number of carboxylic acid groups (broad SMARTS) is 1. The molecule has 0 aromatic heterocycles. The van der Waals surface area contributed by atoms with Crippen molar-refractivity contribution in [1.82, 2.24) is 0 Å². The fraction of sp³-hybridized carbons (Fsp3) is 0.714. The van der Waals surface area contributed by atoms with Gasteiger partial charge in [0.1, 0.15) is 6.10 Å². The average molecular weight is 641 g/mol. The molecule has 1 atom stereocenters. The van der Waals surface area contributed by atoms with Crippen LogP contribution in [0.25, 0.3) is 0 Å². The molecule has 0 rings (SSSR count). The molecular formula is C42H72O4. The predicted molar refractivity (Wildman–Crippen MR) is 199 cm³/mol. The smallest absolute Gasteiger partial charge is 0.306 e. The Morgan fingerprint density at radius 2 is 0.935 bits per heavy atom. The van der Waals surface area contributed by atoms with Gasteiger partial charge in [0.15, 0.2) is 0 Å². The second-order valence-corrected chi connectivity index (χ2v) is 12.7. The Kier molecular flexibility index (Phi) is 35.2. The minimum Gasteiger partial charge on any atom is -0.481 e. The van der Waals surface area contributed by atoms with E-state index in [1.165, 1.54) is 77.0 Å². The van der Waals surface area contributed by atoms with Crippen LogP contribution < -0.4 is 0 Å². The van der Waals surface area contributed by atoms with Crippen molar-refractivity contribution in [2.45, 2.75) is 193 Å². The van der Waals surface area contributed by atoms with Gasteiger partial charge in [-0.3, -0.25) is 9.59 Å². The first kappa shape index (κ1) is 43.6. The Morgan fingerprint density at radius 1 is 0.500 bits per heavy atom. The van der Waals surface area contributed by atoms with E-state index in [9.17, 15) is 9.59 Å². The number of hydrogen-bond donors (Lipinski definition) is 1. The summed E-state index contributed by atoms with van der Waals surface area (Å²) in [7, 11) is 0. The van der Waals surface area contributed by atoms with Gasteiger partial charge in [0.25, 0.3) is 0 Å². The van der Waals surface area contributed by atoms with Crippen LogP contribution in [0.1, 0.15) is 187 Å². The minimum atomic E-state index is -0.777. The Balaban J connectivity index is 3.86. The maximum atomic E-state index is 12.5. The third kappa shape index (κ3) is 36.1. The van der Waals surface area contributed by atoms with Crippen LogP contribution in [-0.2, 0) is 14.3 Å². The largest absolute Gasteiger partial charge is 0.481 e. The van der Waals surface area contributed by atoms with E-state index in [1.54, 1.807) is 0 Å². The molecule has 0 saturated carbocycles. The van der Waals surface area contributed by atoms with Crippen molar-refractivity contribution in [1.29, 1.82) is 0 Å². The molecule has 0 saturated heterocycles. The first-order valence-electron chi connectivity index (χ1n) is 19.3. The van der Waals surface area contributed by atoms with Gasteiger partial charge in [-0.15, -0.1) is 0 Å². The number of carbonyl (C=O) groups excluding carboxylic acids is 1. The summed E-state index contributed by atoms with van der Waals surface area (Å²) < 4.78 is 5.81. The molecule has 0 heterocycles. The quantitative estimate of drug-likeness (QED) is 0.0432. The maximum Gasteiger partial charge on any atom is 0.306 e. The van der Waals surface area contributed by atoms with E-state index in [4.69, 9.17) is 9.84 Å². The van der Waals surface area contributed by atoms with Gasteiger partial charge in [0.2, 0.25) is 0 Å². The van der Waals surface area contributed by atoms with Crippen molar-refractivity contribution in [2.75, 3.05) is 0 Å². The zero-order chi connectivity index (χ0) is 33.6. The van der Waals surface area contributed by atoms with Crippen LogP contribution in [0.2, 0.25) is 0 Å². The van der Waals surface area contributed by atoms with Crippen LogP contribution in [0.3, 0.4) is 0 Å². The number of hydrogen-bond acceptors (Lipinski definition) is 3. The number of esters is 1. The van der Waals surface area contributed by atoms with Gasteiger partial charge in [-0.25, -0.2) is 0 Å². The van der Waals surface area contributed by atoms with Crippen LogP contribution in [0.15, 0.2) is 60.8 Å². The molecule has 0 bridgehead atoms. The van der Waals surface area contributed by atoms with Gasteiger partial charge in [-0.2, -0.15) is 0 Å². The van der Waals surface area contributed by atoms with Gasteiger partial charge in [-0.05, 0) is 77.0 Å². The van der Waals surface area contributed by atoms with Crippen molar-refractivity contribution in [2.24, 2.45) is 0 Å². The highest BCUT2D eigenvalue weighted by molar-refractivity contribution is 5.69. The average Bonchev–Trinajstić information content (AvgIpc) is 3.04. The molecular weight excluding hydrogens is 568 g/mol. The predicted octanol–water partition coefficient (Wildman–Crippen LogP) is 13.3. The summed E-state index contributed by atoms with van der Waals surface area (Å²) in [6, 6.07) is 0. The molecule has 4 nitrogen and oxygen atoms in total. The van der Waals surface area contributed by atoms with Gasteiger partial charge >= 0.3 is 11.9 Å². The second kappa shape index (κ2) is 37.1. The molecule has 0 fully saturated rings. The van der Waals surface area contributed by atoms with Crippen molar-refractivity contribution in [3.63, 3.8) is 0 Å². The zero-order valence-electron chi connectivity index (χ0n) is 30.1. The number of carbonyl (C=O) groups is 2. The van der Waals surface area contributed by atoms with E-state index in [1.807, 2.05) is 0 Å². The topological polar surface area (TPSA) is 63.6 Å². The van der Waals surface area contributed by atoms with Crippen LogP contribution >= 0.6 is 0 Å². The molecule has 0 aliphatic rings. The lowest BCUT2D eigenvalue weighted by atomic mass is 10.0. The lowest BCUT2D eigenvalue weighted by Crippen LogP contribution is -2.18. The van der Waals surface area contributed by atoms with Crippen molar-refractivity contribution < 1.29 is 19.4 Å². The molecule has 0 radical (unpaired) electrons. The Labute approximate surface area is 284 Å². The molecule has 0 amide bonds. The van der Waals surface area contributed by atoms with Gasteiger partial charge < -0.3 is 9.84 Å². The van der Waals surface area contributed by atoms with Gasteiger partial charge in [-0.1, -0.05) is 158 Å². The van der Waals surface area contributed by atoms with E-state index >= 15 is 0 Å². The Bertz CT molecular complexity index is 820. The molecule has 0 spiro atoms. The normalized spacial score (nSPS) is 12.9. The lowest BCUT2D eigenvalue weighted by molar-refractivity contribution is -0.150. The fourth-order valence-electron chi connectivity index (χ4n) is 5.45. The Hall–Kier alpha value is -2.36. The summed E-state index contributed by atoms with van der Waals surface area (Å²) in [5.41, 5.74) is 0. The number of ether oxygens (including phenoxy) is 1. The molecule has 264 valence electrons. The van der Waals surface area contributed by atoms with Gasteiger partial charge in [0, 0.05) is 12.8 Å². The Morgan fingerprint density at radius 3 is 1.46 bits per heavy atom. The van der Waals surface area contributed by atoms with Gasteiger partial charge in [0.05, 0.1) is 0 Å². The molecule has 0 aromatic rings. The summed E-state index contributed by atoms with van der Waals surface area (Å²) in [5, 5.41) is 9.00. The highest BCUT2D eigenvalue weighted by Crippen LogP contribution is 2.18. The maximum absolute atomic E-state index is 12.5. The zero-order valence-corrected chi connectivity index (χ0v) is 30.1. The van der Waals surface area contributed by atoms with E-state index in [2.05, 4.69) is 74.6 Å². The molecule has 1 unspecified atom stereocenters.